The largest absolute Gasteiger partial charge is 0.464 e. The molecule has 14 heavy (non-hydrogen) atoms. The van der Waals surface area contributed by atoms with Crippen LogP contribution >= 0.6 is 0 Å². The van der Waals surface area contributed by atoms with Crippen molar-refractivity contribution in [3.05, 3.63) is 42.2 Å². The third-order valence-corrected chi connectivity index (χ3v) is 2.30. The van der Waals surface area contributed by atoms with Gasteiger partial charge in [-0.15, -0.1) is 0 Å². The molecule has 0 aliphatic rings. The Morgan fingerprint density at radius 1 is 1.21 bits per heavy atom. The SMILES string of the molecule is CNc1ccc(-c2ccco2)cc1C. The van der Waals surface area contributed by atoms with E-state index in [4.69, 9.17) is 4.42 Å². The highest BCUT2D eigenvalue weighted by Crippen LogP contribution is 2.24. The lowest BCUT2D eigenvalue weighted by molar-refractivity contribution is 0.582. The first-order valence-electron chi connectivity index (χ1n) is 4.63. The zero-order valence-electron chi connectivity index (χ0n) is 8.37. The van der Waals surface area contributed by atoms with Crippen LogP contribution in [0, 0.1) is 6.92 Å². The summed E-state index contributed by atoms with van der Waals surface area (Å²) < 4.78 is 5.33. The molecule has 2 aromatic rings. The molecular formula is C12H13NO. The predicted molar refractivity (Wildman–Crippen MR) is 58.4 cm³/mol. The standard InChI is InChI=1S/C12H13NO/c1-9-8-10(5-6-11(9)13-2)12-4-3-7-14-12/h3-8,13H,1-2H3. The van der Waals surface area contributed by atoms with Gasteiger partial charge in [0.1, 0.15) is 5.76 Å². The van der Waals surface area contributed by atoms with Crippen molar-refractivity contribution in [3.8, 4) is 11.3 Å². The van der Waals surface area contributed by atoms with E-state index in [9.17, 15) is 0 Å². The second-order valence-corrected chi connectivity index (χ2v) is 3.26. The molecular weight excluding hydrogens is 174 g/mol. The fraction of sp³-hybridized carbons (Fsp3) is 0.167. The molecule has 2 rings (SSSR count). The van der Waals surface area contributed by atoms with Crippen molar-refractivity contribution in [2.24, 2.45) is 0 Å². The van der Waals surface area contributed by atoms with Crippen LogP contribution in [0.4, 0.5) is 5.69 Å². The second-order valence-electron chi connectivity index (χ2n) is 3.26. The predicted octanol–water partition coefficient (Wildman–Crippen LogP) is 3.30. The summed E-state index contributed by atoms with van der Waals surface area (Å²) in [6.07, 6.45) is 1.69. The lowest BCUT2D eigenvalue weighted by Crippen LogP contribution is -1.91. The van der Waals surface area contributed by atoms with Crippen LogP contribution in [0.25, 0.3) is 11.3 Å². The summed E-state index contributed by atoms with van der Waals surface area (Å²) in [5.41, 5.74) is 3.49. The quantitative estimate of drug-likeness (QED) is 0.780. The molecule has 0 radical (unpaired) electrons. The van der Waals surface area contributed by atoms with E-state index in [0.717, 1.165) is 17.0 Å². The Balaban J connectivity index is 2.43. The highest BCUT2D eigenvalue weighted by Gasteiger charge is 2.02. The van der Waals surface area contributed by atoms with Crippen LogP contribution in [0.5, 0.6) is 0 Å². The summed E-state index contributed by atoms with van der Waals surface area (Å²) in [6.45, 7) is 2.08. The van der Waals surface area contributed by atoms with Crippen molar-refractivity contribution in [3.63, 3.8) is 0 Å². The fourth-order valence-electron chi connectivity index (χ4n) is 1.54. The van der Waals surface area contributed by atoms with Crippen LogP contribution in [-0.4, -0.2) is 7.05 Å². The van der Waals surface area contributed by atoms with E-state index in [-0.39, 0.29) is 0 Å². The average Bonchev–Trinajstić information content (AvgIpc) is 2.70. The lowest BCUT2D eigenvalue weighted by atomic mass is 10.1. The molecule has 0 unspecified atom stereocenters. The highest BCUT2D eigenvalue weighted by atomic mass is 16.3. The van der Waals surface area contributed by atoms with Crippen LogP contribution < -0.4 is 5.32 Å². The maximum absolute atomic E-state index is 5.33. The molecule has 1 aromatic heterocycles. The number of hydrogen-bond acceptors (Lipinski definition) is 2. The van der Waals surface area contributed by atoms with Gasteiger partial charge in [0.15, 0.2) is 0 Å². The third-order valence-electron chi connectivity index (χ3n) is 2.30. The number of nitrogens with one attached hydrogen (secondary N) is 1. The first-order valence-corrected chi connectivity index (χ1v) is 4.63. The van der Waals surface area contributed by atoms with Crippen LogP contribution in [0.3, 0.4) is 0 Å². The van der Waals surface area contributed by atoms with E-state index >= 15 is 0 Å². The van der Waals surface area contributed by atoms with Gasteiger partial charge in [-0.3, -0.25) is 0 Å². The van der Waals surface area contributed by atoms with E-state index in [2.05, 4.69) is 30.4 Å². The average molecular weight is 187 g/mol. The van der Waals surface area contributed by atoms with Crippen molar-refractivity contribution in [2.45, 2.75) is 6.92 Å². The van der Waals surface area contributed by atoms with Gasteiger partial charge < -0.3 is 9.73 Å². The number of benzene rings is 1. The first kappa shape index (κ1) is 8.88. The molecule has 0 bridgehead atoms. The van der Waals surface area contributed by atoms with Crippen molar-refractivity contribution in [2.75, 3.05) is 12.4 Å². The van der Waals surface area contributed by atoms with Gasteiger partial charge in [-0.05, 0) is 42.8 Å². The minimum atomic E-state index is 0.913. The van der Waals surface area contributed by atoms with E-state index in [1.807, 2.05) is 19.2 Å². The fourth-order valence-corrected chi connectivity index (χ4v) is 1.54. The van der Waals surface area contributed by atoms with Crippen LogP contribution in [0.1, 0.15) is 5.56 Å². The maximum Gasteiger partial charge on any atom is 0.133 e. The molecule has 0 spiro atoms. The van der Waals surface area contributed by atoms with Crippen molar-refractivity contribution in [1.29, 1.82) is 0 Å². The van der Waals surface area contributed by atoms with E-state index in [1.165, 1.54) is 5.56 Å². The molecule has 0 fully saturated rings. The molecule has 1 heterocycles. The van der Waals surface area contributed by atoms with Gasteiger partial charge in [-0.2, -0.15) is 0 Å². The zero-order valence-corrected chi connectivity index (χ0v) is 8.37. The zero-order chi connectivity index (χ0) is 9.97. The molecule has 0 aliphatic carbocycles. The third kappa shape index (κ3) is 1.51. The Morgan fingerprint density at radius 2 is 2.07 bits per heavy atom. The molecule has 72 valence electrons. The smallest absolute Gasteiger partial charge is 0.133 e. The highest BCUT2D eigenvalue weighted by molar-refractivity contribution is 5.64. The summed E-state index contributed by atoms with van der Waals surface area (Å²) in [5.74, 6) is 0.913. The van der Waals surface area contributed by atoms with Gasteiger partial charge in [-0.25, -0.2) is 0 Å². The Hall–Kier alpha value is -1.70. The molecule has 0 saturated carbocycles. The monoisotopic (exact) mass is 187 g/mol. The Bertz CT molecular complexity index is 418. The van der Waals surface area contributed by atoms with E-state index in [1.54, 1.807) is 6.26 Å². The molecule has 1 aromatic carbocycles. The van der Waals surface area contributed by atoms with E-state index < -0.39 is 0 Å². The second kappa shape index (κ2) is 3.58. The Morgan fingerprint density at radius 3 is 2.64 bits per heavy atom. The Labute approximate surface area is 83.6 Å². The molecule has 0 aliphatic heterocycles. The Kier molecular flexibility index (Phi) is 2.27. The van der Waals surface area contributed by atoms with Crippen molar-refractivity contribution >= 4 is 5.69 Å². The topological polar surface area (TPSA) is 25.2 Å². The first-order chi connectivity index (χ1) is 6.81. The molecule has 0 amide bonds. The van der Waals surface area contributed by atoms with Gasteiger partial charge >= 0.3 is 0 Å². The number of rotatable bonds is 2. The number of anilines is 1. The van der Waals surface area contributed by atoms with Gasteiger partial charge in [-0.1, -0.05) is 0 Å². The lowest BCUT2D eigenvalue weighted by Gasteiger charge is -2.05. The maximum atomic E-state index is 5.33. The molecule has 2 heteroatoms. The van der Waals surface area contributed by atoms with Crippen LogP contribution in [-0.2, 0) is 0 Å². The normalized spacial score (nSPS) is 10.1. The minimum Gasteiger partial charge on any atom is -0.464 e. The van der Waals surface area contributed by atoms with E-state index in [0.29, 0.717) is 0 Å². The summed E-state index contributed by atoms with van der Waals surface area (Å²) in [4.78, 5) is 0. The number of hydrogen-bond donors (Lipinski definition) is 1. The van der Waals surface area contributed by atoms with Crippen LogP contribution in [0.15, 0.2) is 41.0 Å². The summed E-state index contributed by atoms with van der Waals surface area (Å²) in [7, 11) is 1.93. The molecule has 1 N–H and O–H groups in total. The van der Waals surface area contributed by atoms with Crippen molar-refractivity contribution < 1.29 is 4.42 Å². The number of furan rings is 1. The molecule has 0 saturated heterocycles. The molecule has 0 atom stereocenters. The van der Waals surface area contributed by atoms with Gasteiger partial charge in [0, 0.05) is 18.3 Å². The van der Waals surface area contributed by atoms with Crippen molar-refractivity contribution in [1.82, 2.24) is 0 Å². The van der Waals surface area contributed by atoms with Gasteiger partial charge in [0.25, 0.3) is 0 Å². The summed E-state index contributed by atoms with van der Waals surface area (Å²) in [5, 5.41) is 3.14. The minimum absolute atomic E-state index is 0.913. The summed E-state index contributed by atoms with van der Waals surface area (Å²) >= 11 is 0. The van der Waals surface area contributed by atoms with Gasteiger partial charge in [0.05, 0.1) is 6.26 Å². The van der Waals surface area contributed by atoms with Gasteiger partial charge in [0.2, 0.25) is 0 Å². The van der Waals surface area contributed by atoms with Crippen LogP contribution in [0.2, 0.25) is 0 Å². The summed E-state index contributed by atoms with van der Waals surface area (Å²) in [6, 6.07) is 10.1. The molecule has 2 nitrogen and oxygen atoms in total. The number of aryl methyl sites for hydroxylation is 1.